The predicted molar refractivity (Wildman–Crippen MR) is 241 cm³/mol. The van der Waals surface area contributed by atoms with Crippen LogP contribution in [0.1, 0.15) is 18.1 Å². The maximum absolute atomic E-state index is 11.3. The molecule has 0 unspecified atom stereocenters. The van der Waals surface area contributed by atoms with Crippen LogP contribution in [0.2, 0.25) is 10.0 Å². The molecule has 0 amide bonds. The van der Waals surface area contributed by atoms with E-state index in [1.807, 2.05) is 84.9 Å². The quantitative estimate of drug-likeness (QED) is 0.0930. The third-order valence-electron chi connectivity index (χ3n) is 8.86. The van der Waals surface area contributed by atoms with Gasteiger partial charge >= 0.3 is 5.97 Å². The molecule has 0 saturated heterocycles. The molecule has 4 aromatic carbocycles. The second-order valence-electron chi connectivity index (χ2n) is 13.7. The molecule has 8 rings (SSSR count). The zero-order valence-electron chi connectivity index (χ0n) is 33.7. The van der Waals surface area contributed by atoms with Gasteiger partial charge in [-0.05, 0) is 79.7 Å². The number of halogens is 2. The minimum atomic E-state index is -0.999. The largest absolute Gasteiger partial charge is 0.480 e. The Labute approximate surface area is 376 Å². The van der Waals surface area contributed by atoms with E-state index in [1.54, 1.807) is 48.7 Å². The van der Waals surface area contributed by atoms with Crippen molar-refractivity contribution in [1.29, 1.82) is 10.5 Å². The monoisotopic (exact) mass is 888 g/mol. The Balaban J connectivity index is 0.000000191. The summed E-state index contributed by atoms with van der Waals surface area (Å²) in [4.78, 5) is 31.2. The first-order chi connectivity index (χ1) is 31.0. The molecule has 0 aliphatic rings. The fraction of sp³-hybridized carbons (Fsp3) is 0.0638. The number of nitrogens with zero attached hydrogens (tertiary/aromatic N) is 8. The van der Waals surface area contributed by atoms with Gasteiger partial charge in [0.25, 0.3) is 0 Å². The van der Waals surface area contributed by atoms with E-state index in [9.17, 15) is 20.1 Å². The maximum atomic E-state index is 11.3. The van der Waals surface area contributed by atoms with Gasteiger partial charge in [-0.3, -0.25) is 19.0 Å². The number of pyridine rings is 2. The minimum absolute atomic E-state index is 0.00108. The molecular formula is C47H34Cl2N10O5. The fourth-order valence-electron chi connectivity index (χ4n) is 6.06. The van der Waals surface area contributed by atoms with Crippen LogP contribution >= 0.6 is 23.2 Å². The van der Waals surface area contributed by atoms with E-state index >= 15 is 0 Å². The average Bonchev–Trinajstić information content (AvgIpc) is 3.92. The van der Waals surface area contributed by atoms with Gasteiger partial charge in [-0.2, -0.15) is 20.7 Å². The van der Waals surface area contributed by atoms with E-state index in [4.69, 9.17) is 37.8 Å². The second-order valence-corrected chi connectivity index (χ2v) is 14.5. The smallest absolute Gasteiger partial charge is 0.325 e. The second kappa shape index (κ2) is 20.4. The number of carboxylic acids is 1. The number of rotatable bonds is 14. The van der Waals surface area contributed by atoms with Gasteiger partial charge in [0.1, 0.15) is 53.3 Å². The summed E-state index contributed by atoms with van der Waals surface area (Å²) >= 11 is 12.7. The van der Waals surface area contributed by atoms with Gasteiger partial charge in [-0.25, -0.2) is 9.97 Å². The van der Waals surface area contributed by atoms with Crippen LogP contribution in [-0.4, -0.2) is 46.4 Å². The first kappa shape index (κ1) is 43.6. The number of Topliss-reactive ketones (excluding diaryl/α,β-unsaturated/α-hetero) is 1. The molecule has 4 aromatic heterocycles. The predicted octanol–water partition coefficient (Wildman–Crippen LogP) is 10.7. The summed E-state index contributed by atoms with van der Waals surface area (Å²) in [7, 11) is 0. The molecular weight excluding hydrogens is 855 g/mol. The van der Waals surface area contributed by atoms with Crippen molar-refractivity contribution in [2.45, 2.75) is 20.0 Å². The SMILES string of the molecule is CC(=O)Cn1ccc(Nc2cc(Cl)c(C#N)c(-c3ccc(Oc4ccccc4)cc3)n2)n1.N#Cc1c(Cl)cc(Nc2ccn(CC(=O)O)n2)nc1-c1ccc(Oc2ccccc2)cc1. The van der Waals surface area contributed by atoms with Crippen molar-refractivity contribution in [2.75, 3.05) is 10.6 Å². The third kappa shape index (κ3) is 11.4. The van der Waals surface area contributed by atoms with Crippen LogP contribution in [0, 0.1) is 22.7 Å². The molecule has 0 atom stereocenters. The molecule has 8 aromatic rings. The van der Waals surface area contributed by atoms with Crippen LogP contribution in [0.4, 0.5) is 23.3 Å². The van der Waals surface area contributed by atoms with Crippen molar-refractivity contribution in [1.82, 2.24) is 29.5 Å². The first-order valence-corrected chi connectivity index (χ1v) is 20.0. The van der Waals surface area contributed by atoms with E-state index in [0.717, 1.165) is 11.3 Å². The summed E-state index contributed by atoms with van der Waals surface area (Å²) in [5.74, 6) is 3.47. The van der Waals surface area contributed by atoms with Crippen molar-refractivity contribution in [2.24, 2.45) is 0 Å². The summed E-state index contributed by atoms with van der Waals surface area (Å²) in [6.45, 7) is 1.43. The number of ketones is 1. The Morgan fingerprint density at radius 1 is 0.594 bits per heavy atom. The zero-order chi connectivity index (χ0) is 45.0. The number of aliphatic carboxylic acids is 1. The fourth-order valence-corrected chi connectivity index (χ4v) is 6.53. The number of benzene rings is 4. The van der Waals surface area contributed by atoms with E-state index in [2.05, 4.69) is 42.9 Å². The first-order valence-electron chi connectivity index (χ1n) is 19.2. The molecule has 3 N–H and O–H groups in total. The molecule has 0 aliphatic heterocycles. The van der Waals surface area contributed by atoms with Crippen LogP contribution in [-0.2, 0) is 22.7 Å². The Morgan fingerprint density at radius 3 is 1.36 bits per heavy atom. The lowest BCUT2D eigenvalue weighted by molar-refractivity contribution is -0.137. The van der Waals surface area contributed by atoms with Crippen molar-refractivity contribution < 1.29 is 24.2 Å². The summed E-state index contributed by atoms with van der Waals surface area (Å²) < 4.78 is 14.4. The lowest BCUT2D eigenvalue weighted by Crippen LogP contribution is -2.09. The number of hydrogen-bond acceptors (Lipinski definition) is 12. The third-order valence-corrected chi connectivity index (χ3v) is 9.45. The number of hydrogen-bond donors (Lipinski definition) is 3. The van der Waals surface area contributed by atoms with Crippen LogP contribution in [0.5, 0.6) is 23.0 Å². The molecule has 0 radical (unpaired) electrons. The van der Waals surface area contributed by atoms with Gasteiger partial charge in [-0.1, -0.05) is 59.6 Å². The number of aromatic nitrogens is 6. The number of carbonyl (C=O) groups is 2. The molecule has 0 saturated carbocycles. The normalized spacial score (nSPS) is 10.4. The topological polar surface area (TPSA) is 206 Å². The van der Waals surface area contributed by atoms with Crippen molar-refractivity contribution in [3.63, 3.8) is 0 Å². The molecule has 0 spiro atoms. The van der Waals surface area contributed by atoms with Crippen molar-refractivity contribution >= 4 is 58.2 Å². The van der Waals surface area contributed by atoms with Crippen LogP contribution in [0.3, 0.4) is 0 Å². The highest BCUT2D eigenvalue weighted by Gasteiger charge is 2.17. The molecule has 4 heterocycles. The summed E-state index contributed by atoms with van der Waals surface area (Å²) in [5.41, 5.74) is 2.76. The molecule has 0 bridgehead atoms. The van der Waals surface area contributed by atoms with Crippen molar-refractivity contribution in [3.8, 4) is 57.7 Å². The van der Waals surface area contributed by atoms with Crippen LogP contribution < -0.4 is 20.1 Å². The number of para-hydroxylation sites is 2. The number of carbonyl (C=O) groups excluding carboxylic acids is 1. The molecule has 17 heteroatoms. The summed E-state index contributed by atoms with van der Waals surface area (Å²) in [5, 5.41) is 43.1. The van der Waals surface area contributed by atoms with Crippen LogP contribution in [0.15, 0.2) is 146 Å². The van der Waals surface area contributed by atoms with Gasteiger partial charge in [0.15, 0.2) is 17.4 Å². The zero-order valence-corrected chi connectivity index (χ0v) is 35.2. The van der Waals surface area contributed by atoms with Gasteiger partial charge in [0, 0.05) is 47.8 Å². The van der Waals surface area contributed by atoms with E-state index < -0.39 is 5.97 Å². The Morgan fingerprint density at radius 2 is 0.984 bits per heavy atom. The lowest BCUT2D eigenvalue weighted by atomic mass is 10.1. The van der Waals surface area contributed by atoms with Gasteiger partial charge in [0.2, 0.25) is 0 Å². The number of anilines is 4. The summed E-state index contributed by atoms with van der Waals surface area (Å²) in [6, 6.07) is 43.9. The molecule has 0 aliphatic carbocycles. The minimum Gasteiger partial charge on any atom is -0.480 e. The van der Waals surface area contributed by atoms with Gasteiger partial charge in [0.05, 0.1) is 39.1 Å². The molecule has 316 valence electrons. The highest BCUT2D eigenvalue weighted by molar-refractivity contribution is 6.32. The highest BCUT2D eigenvalue weighted by Crippen LogP contribution is 2.34. The number of nitrogens with one attached hydrogen (secondary N) is 2. The van der Waals surface area contributed by atoms with E-state index in [0.29, 0.717) is 57.5 Å². The Kier molecular flexibility index (Phi) is 13.9. The Bertz CT molecular complexity index is 2800. The average molecular weight is 890 g/mol. The van der Waals surface area contributed by atoms with E-state index in [-0.39, 0.29) is 40.0 Å². The van der Waals surface area contributed by atoms with Gasteiger partial charge in [-0.15, -0.1) is 0 Å². The van der Waals surface area contributed by atoms with E-state index in [1.165, 1.54) is 28.6 Å². The Hall–Kier alpha value is -8.50. The van der Waals surface area contributed by atoms with Crippen LogP contribution in [0.25, 0.3) is 22.5 Å². The highest BCUT2D eigenvalue weighted by atomic mass is 35.5. The molecule has 64 heavy (non-hydrogen) atoms. The number of nitriles is 2. The number of carboxylic acid groups (broad SMARTS) is 1. The van der Waals surface area contributed by atoms with Gasteiger partial charge < -0.3 is 25.2 Å². The lowest BCUT2D eigenvalue weighted by Gasteiger charge is -2.11. The maximum Gasteiger partial charge on any atom is 0.325 e. The summed E-state index contributed by atoms with van der Waals surface area (Å²) in [6.07, 6.45) is 3.23. The van der Waals surface area contributed by atoms with Crippen molar-refractivity contribution in [3.05, 3.63) is 167 Å². The number of ether oxygens (including phenoxy) is 2. The standard InChI is InChI=1S/C24H18ClN5O2.C23H16ClN5O3/c1-16(31)15-30-12-11-22(29-30)27-23-13-21(25)20(14-26)24(28-23)17-7-9-19(10-8-17)32-18-5-3-2-4-6-18;24-19-12-21(26-20-10-11-29(28-20)14-22(30)31)27-23(18(19)13-25)15-6-8-17(9-7-15)32-16-4-2-1-3-5-16/h2-13H,15H2,1H3,(H,27,28,29);1-12H,14H2,(H,30,31)(H,26,27,28). The molecule has 15 nitrogen and oxygen atoms in total. The molecule has 0 fully saturated rings.